The fourth-order valence-electron chi connectivity index (χ4n) is 1.67. The van der Waals surface area contributed by atoms with E-state index in [9.17, 15) is 0 Å². The van der Waals surface area contributed by atoms with Crippen LogP contribution in [-0.4, -0.2) is 23.9 Å². The maximum absolute atomic E-state index is 5.60. The Bertz CT molecular complexity index is 436. The average Bonchev–Trinajstić information content (AvgIpc) is 2.95. The first-order valence-electron chi connectivity index (χ1n) is 5.56. The van der Waals surface area contributed by atoms with Gasteiger partial charge in [0.1, 0.15) is 11.5 Å². The van der Waals surface area contributed by atoms with Crippen LogP contribution in [0.4, 0.5) is 0 Å². The summed E-state index contributed by atoms with van der Waals surface area (Å²) in [6.07, 6.45) is 1.74. The minimum absolute atomic E-state index is 0.0528. The Balaban J connectivity index is 1.97. The Hall–Kier alpha value is -1.59. The van der Waals surface area contributed by atoms with Gasteiger partial charge in [-0.1, -0.05) is 0 Å². The second kappa shape index (κ2) is 5.65. The number of furan rings is 1. The summed E-state index contributed by atoms with van der Waals surface area (Å²) in [6.45, 7) is 3.21. The Kier molecular flexibility index (Phi) is 3.95. The van der Waals surface area contributed by atoms with E-state index in [-0.39, 0.29) is 6.04 Å². The van der Waals surface area contributed by atoms with Crippen molar-refractivity contribution in [1.82, 2.24) is 15.5 Å². The minimum Gasteiger partial charge on any atom is -0.465 e. The van der Waals surface area contributed by atoms with Gasteiger partial charge in [0.05, 0.1) is 12.6 Å². The van der Waals surface area contributed by atoms with Gasteiger partial charge in [-0.05, 0) is 25.1 Å². The van der Waals surface area contributed by atoms with E-state index in [2.05, 4.69) is 15.5 Å². The quantitative estimate of drug-likeness (QED) is 0.801. The highest BCUT2D eigenvalue weighted by Crippen LogP contribution is 2.17. The molecule has 2 N–H and O–H groups in total. The van der Waals surface area contributed by atoms with Crippen molar-refractivity contribution in [2.45, 2.75) is 19.5 Å². The van der Waals surface area contributed by atoms with Gasteiger partial charge in [-0.15, -0.1) is 0 Å². The maximum Gasteiger partial charge on any atom is 0.123 e. The summed E-state index contributed by atoms with van der Waals surface area (Å²) in [5.74, 6) is 1.80. The van der Waals surface area contributed by atoms with E-state index in [4.69, 9.17) is 9.15 Å². The number of hydrogen-bond donors (Lipinski definition) is 2. The van der Waals surface area contributed by atoms with Crippen LogP contribution in [0.15, 0.2) is 28.8 Å². The number of ether oxygens (including phenoxy) is 1. The van der Waals surface area contributed by atoms with Gasteiger partial charge in [0, 0.05) is 25.5 Å². The van der Waals surface area contributed by atoms with Crippen LogP contribution in [0, 0.1) is 6.92 Å². The van der Waals surface area contributed by atoms with Crippen LogP contribution in [-0.2, 0) is 11.3 Å². The molecule has 0 aliphatic heterocycles. The van der Waals surface area contributed by atoms with Crippen LogP contribution >= 0.6 is 0 Å². The topological polar surface area (TPSA) is 63.1 Å². The number of aromatic amines is 1. The summed E-state index contributed by atoms with van der Waals surface area (Å²) in [5, 5.41) is 10.2. The molecule has 2 heterocycles. The van der Waals surface area contributed by atoms with E-state index < -0.39 is 0 Å². The van der Waals surface area contributed by atoms with Crippen LogP contribution in [0.25, 0.3) is 0 Å². The first-order valence-corrected chi connectivity index (χ1v) is 5.56. The number of hydrogen-bond acceptors (Lipinski definition) is 4. The second-order valence-electron chi connectivity index (χ2n) is 3.92. The molecule has 0 radical (unpaired) electrons. The lowest BCUT2D eigenvalue weighted by Crippen LogP contribution is -2.24. The number of aromatic nitrogens is 2. The maximum atomic E-state index is 5.60. The van der Waals surface area contributed by atoms with Crippen LogP contribution < -0.4 is 5.32 Å². The third-order valence-corrected chi connectivity index (χ3v) is 2.54. The third kappa shape index (κ3) is 3.18. The molecule has 2 rings (SSSR count). The molecule has 0 saturated carbocycles. The van der Waals surface area contributed by atoms with Crippen molar-refractivity contribution < 1.29 is 9.15 Å². The first kappa shape index (κ1) is 11.9. The number of methoxy groups -OCH3 is 1. The molecule has 0 unspecified atom stereocenters. The normalized spacial score (nSPS) is 12.8. The minimum atomic E-state index is 0.0528. The Labute approximate surface area is 100 Å². The molecule has 0 aromatic carbocycles. The lowest BCUT2D eigenvalue weighted by Gasteiger charge is -2.15. The van der Waals surface area contributed by atoms with Crippen LogP contribution in [0.5, 0.6) is 0 Å². The number of aryl methyl sites for hydroxylation is 1. The van der Waals surface area contributed by atoms with Crippen LogP contribution in [0.1, 0.15) is 23.3 Å². The highest BCUT2D eigenvalue weighted by molar-refractivity contribution is 5.10. The Morgan fingerprint density at radius 2 is 2.35 bits per heavy atom. The number of nitrogens with zero attached hydrogens (tertiary/aromatic N) is 1. The van der Waals surface area contributed by atoms with Crippen molar-refractivity contribution in [3.05, 3.63) is 41.6 Å². The van der Waals surface area contributed by atoms with E-state index >= 15 is 0 Å². The summed E-state index contributed by atoms with van der Waals surface area (Å²) in [7, 11) is 1.68. The molecule has 0 aliphatic rings. The van der Waals surface area contributed by atoms with Gasteiger partial charge in [0.25, 0.3) is 0 Å². The number of rotatable bonds is 6. The second-order valence-corrected chi connectivity index (χ2v) is 3.92. The molecule has 1 atom stereocenters. The number of H-pyrrole nitrogens is 1. The molecule has 0 bridgehead atoms. The van der Waals surface area contributed by atoms with E-state index in [1.165, 1.54) is 0 Å². The molecule has 92 valence electrons. The van der Waals surface area contributed by atoms with Crippen molar-refractivity contribution >= 4 is 0 Å². The van der Waals surface area contributed by atoms with E-state index in [0.29, 0.717) is 13.2 Å². The zero-order valence-corrected chi connectivity index (χ0v) is 10.1. The van der Waals surface area contributed by atoms with E-state index in [1.807, 2.05) is 25.1 Å². The van der Waals surface area contributed by atoms with Gasteiger partial charge in [-0.25, -0.2) is 0 Å². The first-order chi connectivity index (χ1) is 8.29. The smallest absolute Gasteiger partial charge is 0.123 e. The molecule has 17 heavy (non-hydrogen) atoms. The van der Waals surface area contributed by atoms with Crippen LogP contribution in [0.2, 0.25) is 0 Å². The van der Waals surface area contributed by atoms with Crippen molar-refractivity contribution in [3.8, 4) is 0 Å². The average molecular weight is 235 g/mol. The fraction of sp³-hybridized carbons (Fsp3) is 0.417. The monoisotopic (exact) mass is 235 g/mol. The van der Waals surface area contributed by atoms with Gasteiger partial charge in [0.15, 0.2) is 0 Å². The van der Waals surface area contributed by atoms with Crippen molar-refractivity contribution in [3.63, 3.8) is 0 Å². The standard InChI is InChI=1S/C12H17N3O2/c1-9-3-4-12(17-9)11(8-16-2)13-7-10-5-6-14-15-10/h3-6,11,13H,7-8H2,1-2H3,(H,14,15)/t11-/m1/s1. The van der Waals surface area contributed by atoms with Crippen molar-refractivity contribution in [1.29, 1.82) is 0 Å². The molecule has 0 spiro atoms. The zero-order chi connectivity index (χ0) is 12.1. The summed E-state index contributed by atoms with van der Waals surface area (Å²) in [5.41, 5.74) is 1.04. The molecule has 0 aliphatic carbocycles. The van der Waals surface area contributed by atoms with Crippen LogP contribution in [0.3, 0.4) is 0 Å². The van der Waals surface area contributed by atoms with Gasteiger partial charge >= 0.3 is 0 Å². The summed E-state index contributed by atoms with van der Waals surface area (Å²) < 4.78 is 10.8. The van der Waals surface area contributed by atoms with Gasteiger partial charge < -0.3 is 9.15 Å². The molecule has 0 saturated heterocycles. The van der Waals surface area contributed by atoms with Crippen molar-refractivity contribution in [2.75, 3.05) is 13.7 Å². The van der Waals surface area contributed by atoms with Gasteiger partial charge in [-0.3, -0.25) is 10.4 Å². The summed E-state index contributed by atoms with van der Waals surface area (Å²) in [4.78, 5) is 0. The third-order valence-electron chi connectivity index (χ3n) is 2.54. The van der Waals surface area contributed by atoms with E-state index in [1.54, 1.807) is 13.3 Å². The van der Waals surface area contributed by atoms with Crippen molar-refractivity contribution in [2.24, 2.45) is 0 Å². The van der Waals surface area contributed by atoms with Gasteiger partial charge in [0.2, 0.25) is 0 Å². The van der Waals surface area contributed by atoms with Gasteiger partial charge in [-0.2, -0.15) is 5.10 Å². The highest BCUT2D eigenvalue weighted by Gasteiger charge is 2.14. The summed E-state index contributed by atoms with van der Waals surface area (Å²) in [6, 6.07) is 5.91. The molecule has 2 aromatic heterocycles. The molecular formula is C12H17N3O2. The zero-order valence-electron chi connectivity index (χ0n) is 10.1. The predicted octanol–water partition coefficient (Wildman–Crippen LogP) is 1.79. The number of nitrogens with one attached hydrogen (secondary N) is 2. The summed E-state index contributed by atoms with van der Waals surface area (Å²) >= 11 is 0. The molecule has 5 nitrogen and oxygen atoms in total. The lowest BCUT2D eigenvalue weighted by molar-refractivity contribution is 0.155. The fourth-order valence-corrected chi connectivity index (χ4v) is 1.67. The molecule has 0 fully saturated rings. The lowest BCUT2D eigenvalue weighted by atomic mass is 10.2. The van der Waals surface area contributed by atoms with E-state index in [0.717, 1.165) is 17.2 Å². The molecule has 5 heteroatoms. The molecular weight excluding hydrogens is 218 g/mol. The molecule has 0 amide bonds. The predicted molar refractivity (Wildman–Crippen MR) is 63.5 cm³/mol. The highest BCUT2D eigenvalue weighted by atomic mass is 16.5. The Morgan fingerprint density at radius 1 is 1.47 bits per heavy atom. The largest absolute Gasteiger partial charge is 0.465 e. The molecule has 2 aromatic rings. The SMILES string of the molecule is COC[C@@H](NCc1ccn[nH]1)c1ccc(C)o1. The Morgan fingerprint density at radius 3 is 2.94 bits per heavy atom.